The Morgan fingerprint density at radius 3 is 1.39 bits per heavy atom. The maximum atomic E-state index is 5.25. The molecule has 0 aliphatic heterocycles. The van der Waals surface area contributed by atoms with Crippen molar-refractivity contribution in [2.75, 3.05) is 0 Å². The van der Waals surface area contributed by atoms with Crippen LogP contribution in [0.2, 0.25) is 0 Å². The van der Waals surface area contributed by atoms with Gasteiger partial charge in [0, 0.05) is 44.3 Å². The van der Waals surface area contributed by atoms with Crippen molar-refractivity contribution in [3.63, 3.8) is 0 Å². The number of rotatable bonds is 4. The molecule has 0 bridgehead atoms. The van der Waals surface area contributed by atoms with Gasteiger partial charge in [0.2, 0.25) is 0 Å². The van der Waals surface area contributed by atoms with Gasteiger partial charge in [0.05, 0.1) is 39.1 Å². The van der Waals surface area contributed by atoms with Crippen molar-refractivity contribution in [3.8, 4) is 22.5 Å². The lowest BCUT2D eigenvalue weighted by Crippen LogP contribution is -2.03. The van der Waals surface area contributed by atoms with Crippen LogP contribution >= 0.6 is 0 Å². The summed E-state index contributed by atoms with van der Waals surface area (Å²) in [5.41, 5.74) is 10.9. The van der Waals surface area contributed by atoms with Crippen molar-refractivity contribution in [2.45, 2.75) is 12.3 Å². The SMILES string of the molecule is C1=CC(c2ccc3ccc4ccc(-c5ccccc5)nc4c3n2)=CC(c2ccc3ccc4ccc(-c5ccccc5)nc4c3n2)C1. The minimum atomic E-state index is 0.129. The molecule has 1 unspecified atom stereocenters. The molecule has 4 aromatic heterocycles. The number of hydrogen-bond donors (Lipinski definition) is 0. The molecule has 4 heterocycles. The van der Waals surface area contributed by atoms with E-state index in [0.717, 1.165) is 89.5 Å². The summed E-state index contributed by atoms with van der Waals surface area (Å²) in [4.78, 5) is 20.6. The summed E-state index contributed by atoms with van der Waals surface area (Å²) in [6.07, 6.45) is 7.61. The highest BCUT2D eigenvalue weighted by Gasteiger charge is 2.17. The van der Waals surface area contributed by atoms with Crippen molar-refractivity contribution in [1.29, 1.82) is 0 Å². The van der Waals surface area contributed by atoms with E-state index in [1.54, 1.807) is 0 Å². The minimum Gasteiger partial charge on any atom is -0.250 e. The lowest BCUT2D eigenvalue weighted by atomic mass is 9.91. The third-order valence-corrected chi connectivity index (χ3v) is 8.94. The van der Waals surface area contributed by atoms with Crippen molar-refractivity contribution in [1.82, 2.24) is 19.9 Å². The van der Waals surface area contributed by atoms with Crippen LogP contribution in [0.1, 0.15) is 23.7 Å². The molecule has 0 amide bonds. The van der Waals surface area contributed by atoms with Gasteiger partial charge in [-0.05, 0) is 36.3 Å². The topological polar surface area (TPSA) is 51.6 Å². The first-order chi connectivity index (χ1) is 22.8. The maximum absolute atomic E-state index is 5.25. The molecule has 0 N–H and O–H groups in total. The molecule has 9 rings (SSSR count). The largest absolute Gasteiger partial charge is 0.250 e. The zero-order chi connectivity index (χ0) is 30.5. The van der Waals surface area contributed by atoms with Gasteiger partial charge in [-0.15, -0.1) is 0 Å². The van der Waals surface area contributed by atoms with Crippen molar-refractivity contribution in [2.24, 2.45) is 0 Å². The molecule has 0 spiro atoms. The molecule has 1 aliphatic rings. The lowest BCUT2D eigenvalue weighted by Gasteiger charge is -2.17. The first kappa shape index (κ1) is 26.4. The Morgan fingerprint density at radius 1 is 0.413 bits per heavy atom. The second-order valence-electron chi connectivity index (χ2n) is 11.8. The normalized spacial score (nSPS) is 14.7. The van der Waals surface area contributed by atoms with Crippen molar-refractivity contribution >= 4 is 49.2 Å². The van der Waals surface area contributed by atoms with E-state index >= 15 is 0 Å². The zero-order valence-corrected chi connectivity index (χ0v) is 25.0. The van der Waals surface area contributed by atoms with Crippen LogP contribution in [0.15, 0.2) is 152 Å². The monoisotopic (exact) mass is 588 g/mol. The average Bonchev–Trinajstić information content (AvgIpc) is 3.14. The second-order valence-corrected chi connectivity index (χ2v) is 11.8. The number of fused-ring (bicyclic) bond motifs is 6. The molecule has 4 aromatic carbocycles. The van der Waals surface area contributed by atoms with Gasteiger partial charge in [-0.2, -0.15) is 0 Å². The molecule has 0 saturated carbocycles. The Bertz CT molecular complexity index is 2500. The third-order valence-electron chi connectivity index (χ3n) is 8.94. The van der Waals surface area contributed by atoms with E-state index in [4.69, 9.17) is 19.9 Å². The fourth-order valence-electron chi connectivity index (χ4n) is 6.52. The summed E-state index contributed by atoms with van der Waals surface area (Å²) >= 11 is 0. The fraction of sp³-hybridized carbons (Fsp3) is 0.0476. The van der Waals surface area contributed by atoms with Crippen LogP contribution in [0.4, 0.5) is 0 Å². The van der Waals surface area contributed by atoms with Crippen LogP contribution in [0.25, 0.3) is 71.7 Å². The van der Waals surface area contributed by atoms with Gasteiger partial charge in [-0.3, -0.25) is 0 Å². The molecule has 0 saturated heterocycles. The summed E-state index contributed by atoms with van der Waals surface area (Å²) in [6, 6.07) is 46.2. The Kier molecular flexibility index (Phi) is 6.24. The molecule has 4 nitrogen and oxygen atoms in total. The fourth-order valence-corrected chi connectivity index (χ4v) is 6.52. The average molecular weight is 589 g/mol. The summed E-state index contributed by atoms with van der Waals surface area (Å²) in [5, 5.41) is 4.35. The first-order valence-corrected chi connectivity index (χ1v) is 15.7. The van der Waals surface area contributed by atoms with Crippen LogP contribution in [-0.2, 0) is 0 Å². The van der Waals surface area contributed by atoms with E-state index in [0.29, 0.717) is 0 Å². The first-order valence-electron chi connectivity index (χ1n) is 15.7. The maximum Gasteiger partial charge on any atom is 0.0972 e. The Hall–Kier alpha value is -6.00. The standard InChI is InChI=1S/C42H28N4/c1-3-8-27(9-4-1)35-22-18-29-14-16-31-20-24-37(45-41(31)39(29)43-35)33-12-7-13-34(26-33)38-25-21-32-17-15-30-19-23-36(28-10-5-2-6-11-28)44-40(30)42(32)46-38/h1-12,14-26,34H,13H2. The zero-order valence-electron chi connectivity index (χ0n) is 25.0. The number of aromatic nitrogens is 4. The predicted molar refractivity (Wildman–Crippen MR) is 189 cm³/mol. The third kappa shape index (κ3) is 4.63. The second kappa shape index (κ2) is 10.9. The summed E-state index contributed by atoms with van der Waals surface area (Å²) in [7, 11) is 0. The van der Waals surface area contributed by atoms with E-state index in [9.17, 15) is 0 Å². The van der Waals surface area contributed by atoms with Crippen molar-refractivity contribution in [3.05, 3.63) is 163 Å². The molecule has 1 aliphatic carbocycles. The summed E-state index contributed by atoms with van der Waals surface area (Å²) < 4.78 is 0. The smallest absolute Gasteiger partial charge is 0.0972 e. The highest BCUT2D eigenvalue weighted by atomic mass is 14.8. The molecule has 0 fully saturated rings. The molecule has 1 atom stereocenters. The number of pyridine rings is 4. The highest BCUT2D eigenvalue weighted by molar-refractivity contribution is 6.05. The molecule has 216 valence electrons. The quantitative estimate of drug-likeness (QED) is 0.192. The van der Waals surface area contributed by atoms with Crippen LogP contribution in [0.3, 0.4) is 0 Å². The minimum absolute atomic E-state index is 0.129. The van der Waals surface area contributed by atoms with E-state index < -0.39 is 0 Å². The van der Waals surface area contributed by atoms with Gasteiger partial charge in [-0.1, -0.05) is 127 Å². The lowest BCUT2D eigenvalue weighted by molar-refractivity contribution is 0.824. The van der Waals surface area contributed by atoms with Gasteiger partial charge >= 0.3 is 0 Å². The van der Waals surface area contributed by atoms with Crippen molar-refractivity contribution < 1.29 is 0 Å². The number of benzene rings is 4. The molecular formula is C42H28N4. The van der Waals surface area contributed by atoms with Gasteiger partial charge in [-0.25, -0.2) is 19.9 Å². The summed E-state index contributed by atoms with van der Waals surface area (Å²) in [6.45, 7) is 0. The predicted octanol–water partition coefficient (Wildman–Crippen LogP) is 10.3. The van der Waals surface area contributed by atoms with E-state index in [1.807, 2.05) is 36.4 Å². The van der Waals surface area contributed by atoms with Crippen LogP contribution in [0.5, 0.6) is 0 Å². The molecule has 8 aromatic rings. The van der Waals surface area contributed by atoms with Gasteiger partial charge in [0.25, 0.3) is 0 Å². The Labute approximate surface area is 266 Å². The number of hydrogen-bond acceptors (Lipinski definition) is 4. The van der Waals surface area contributed by atoms with Gasteiger partial charge in [0.15, 0.2) is 0 Å². The Morgan fingerprint density at radius 2 is 0.848 bits per heavy atom. The summed E-state index contributed by atoms with van der Waals surface area (Å²) in [5.74, 6) is 0.129. The van der Waals surface area contributed by atoms with Gasteiger partial charge < -0.3 is 0 Å². The van der Waals surface area contributed by atoms with Crippen LogP contribution < -0.4 is 0 Å². The van der Waals surface area contributed by atoms with E-state index in [-0.39, 0.29) is 5.92 Å². The van der Waals surface area contributed by atoms with E-state index in [1.165, 1.54) is 0 Å². The van der Waals surface area contributed by atoms with Crippen LogP contribution in [-0.4, -0.2) is 19.9 Å². The van der Waals surface area contributed by atoms with Crippen LogP contribution in [0, 0.1) is 0 Å². The Balaban J connectivity index is 1.12. The number of nitrogens with zero attached hydrogens (tertiary/aromatic N) is 4. The molecule has 0 radical (unpaired) electrons. The van der Waals surface area contributed by atoms with Gasteiger partial charge in [0.1, 0.15) is 0 Å². The highest BCUT2D eigenvalue weighted by Crippen LogP contribution is 2.34. The molecule has 46 heavy (non-hydrogen) atoms. The molecular weight excluding hydrogens is 560 g/mol. The van der Waals surface area contributed by atoms with E-state index in [2.05, 4.69) is 115 Å². The molecule has 4 heteroatoms. The number of allylic oxidation sites excluding steroid dienone is 4.